The van der Waals surface area contributed by atoms with Gasteiger partial charge in [0.2, 0.25) is 0 Å². The fraction of sp³-hybridized carbons (Fsp3) is 0.182. The third-order valence-electron chi connectivity index (χ3n) is 2.74. The molecule has 0 fully saturated rings. The van der Waals surface area contributed by atoms with Crippen molar-refractivity contribution in [2.24, 2.45) is 0 Å². The van der Waals surface area contributed by atoms with Crippen molar-refractivity contribution in [1.29, 1.82) is 0 Å². The monoisotopic (exact) mass is 297 g/mol. The highest BCUT2D eigenvalue weighted by atomic mass is 127. The standard InChI is InChI=1S/C11H8INO/c12-10-7-3-1-2-4-8(7)13-6-5-9(14)11(10)13/h1-4H,5-6H2. The van der Waals surface area contributed by atoms with Gasteiger partial charge in [0.15, 0.2) is 5.78 Å². The van der Waals surface area contributed by atoms with Crippen molar-refractivity contribution < 1.29 is 4.79 Å². The zero-order valence-electron chi connectivity index (χ0n) is 7.46. The molecule has 0 unspecified atom stereocenters. The molecule has 2 heterocycles. The average Bonchev–Trinajstić information content (AvgIpc) is 2.70. The molecule has 3 heteroatoms. The quantitative estimate of drug-likeness (QED) is 0.685. The van der Waals surface area contributed by atoms with E-state index in [1.54, 1.807) is 0 Å². The van der Waals surface area contributed by atoms with Gasteiger partial charge in [0.1, 0.15) is 0 Å². The third kappa shape index (κ3) is 0.932. The molecule has 0 saturated heterocycles. The normalized spacial score (nSPS) is 15.1. The molecule has 1 aromatic heterocycles. The predicted molar refractivity (Wildman–Crippen MR) is 63.6 cm³/mol. The Morgan fingerprint density at radius 1 is 1.29 bits per heavy atom. The molecule has 2 nitrogen and oxygen atoms in total. The number of benzene rings is 1. The summed E-state index contributed by atoms with van der Waals surface area (Å²) in [6.07, 6.45) is 0.663. The van der Waals surface area contributed by atoms with Gasteiger partial charge in [0.05, 0.1) is 5.69 Å². The van der Waals surface area contributed by atoms with E-state index in [0.29, 0.717) is 6.42 Å². The number of para-hydroxylation sites is 1. The van der Waals surface area contributed by atoms with E-state index in [9.17, 15) is 4.79 Å². The number of fused-ring (bicyclic) bond motifs is 3. The van der Waals surface area contributed by atoms with Gasteiger partial charge in [0.25, 0.3) is 0 Å². The summed E-state index contributed by atoms with van der Waals surface area (Å²) in [6, 6.07) is 8.20. The molecule has 70 valence electrons. The summed E-state index contributed by atoms with van der Waals surface area (Å²) >= 11 is 2.27. The van der Waals surface area contributed by atoms with Gasteiger partial charge in [-0.25, -0.2) is 0 Å². The number of aryl methyl sites for hydroxylation is 1. The Balaban J connectivity index is 2.51. The third-order valence-corrected chi connectivity index (χ3v) is 3.83. The molecule has 1 aliphatic rings. The van der Waals surface area contributed by atoms with E-state index in [1.807, 2.05) is 12.1 Å². The second-order valence-electron chi connectivity index (χ2n) is 3.50. The van der Waals surface area contributed by atoms with Crippen molar-refractivity contribution in [3.05, 3.63) is 33.5 Å². The molecule has 1 aromatic carbocycles. The molecule has 0 spiro atoms. The minimum atomic E-state index is 0.283. The van der Waals surface area contributed by atoms with Crippen molar-refractivity contribution >= 4 is 39.3 Å². The first kappa shape index (κ1) is 8.47. The first-order valence-corrected chi connectivity index (χ1v) is 5.67. The van der Waals surface area contributed by atoms with Crippen LogP contribution in [0.15, 0.2) is 24.3 Å². The summed E-state index contributed by atoms with van der Waals surface area (Å²) in [5, 5.41) is 1.20. The summed E-state index contributed by atoms with van der Waals surface area (Å²) < 4.78 is 3.25. The van der Waals surface area contributed by atoms with Crippen LogP contribution in [0.3, 0.4) is 0 Å². The van der Waals surface area contributed by atoms with Gasteiger partial charge in [-0.15, -0.1) is 0 Å². The number of halogens is 1. The Morgan fingerprint density at radius 2 is 2.07 bits per heavy atom. The Labute approximate surface area is 95.0 Å². The van der Waals surface area contributed by atoms with Gasteiger partial charge in [-0.3, -0.25) is 4.79 Å². The largest absolute Gasteiger partial charge is 0.337 e. The molecule has 14 heavy (non-hydrogen) atoms. The molecular formula is C11H8INO. The summed E-state index contributed by atoms with van der Waals surface area (Å²) in [7, 11) is 0. The molecule has 0 aliphatic carbocycles. The zero-order chi connectivity index (χ0) is 9.71. The zero-order valence-corrected chi connectivity index (χ0v) is 9.61. The molecule has 0 N–H and O–H groups in total. The summed E-state index contributed by atoms with van der Waals surface area (Å²) in [5.74, 6) is 0.283. The number of rotatable bonds is 0. The van der Waals surface area contributed by atoms with E-state index in [2.05, 4.69) is 39.3 Å². The maximum Gasteiger partial charge on any atom is 0.182 e. The van der Waals surface area contributed by atoms with Crippen molar-refractivity contribution in [3.63, 3.8) is 0 Å². The van der Waals surface area contributed by atoms with Crippen LogP contribution in [0.2, 0.25) is 0 Å². The SMILES string of the molecule is O=C1CCn2c1c(I)c1ccccc12. The molecule has 0 radical (unpaired) electrons. The van der Waals surface area contributed by atoms with Gasteiger partial charge >= 0.3 is 0 Å². The summed E-state index contributed by atoms with van der Waals surface area (Å²) in [6.45, 7) is 0.845. The van der Waals surface area contributed by atoms with Crippen LogP contribution in [-0.4, -0.2) is 10.4 Å². The lowest BCUT2D eigenvalue weighted by molar-refractivity contribution is 0.0994. The smallest absolute Gasteiger partial charge is 0.182 e. The maximum atomic E-state index is 11.6. The number of hydrogen-bond acceptors (Lipinski definition) is 1. The Bertz CT molecular complexity index is 541. The number of aromatic nitrogens is 1. The van der Waals surface area contributed by atoms with Crippen molar-refractivity contribution in [1.82, 2.24) is 4.57 Å². The van der Waals surface area contributed by atoms with Crippen LogP contribution in [0.4, 0.5) is 0 Å². The molecule has 0 amide bonds. The molecule has 0 bridgehead atoms. The first-order chi connectivity index (χ1) is 6.79. The van der Waals surface area contributed by atoms with E-state index < -0.39 is 0 Å². The highest BCUT2D eigenvalue weighted by molar-refractivity contribution is 14.1. The van der Waals surface area contributed by atoms with Crippen LogP contribution in [0.5, 0.6) is 0 Å². The maximum absolute atomic E-state index is 11.6. The van der Waals surface area contributed by atoms with Crippen LogP contribution in [0.1, 0.15) is 16.9 Å². The van der Waals surface area contributed by atoms with Gasteiger partial charge < -0.3 is 4.57 Å². The summed E-state index contributed by atoms with van der Waals surface area (Å²) in [5.41, 5.74) is 2.10. The molecule has 1 aliphatic heterocycles. The fourth-order valence-electron chi connectivity index (χ4n) is 2.10. The van der Waals surface area contributed by atoms with E-state index in [-0.39, 0.29) is 5.78 Å². The molecule has 2 aromatic rings. The number of Topliss-reactive ketones (excluding diaryl/α,β-unsaturated/α-hetero) is 1. The highest BCUT2D eigenvalue weighted by Crippen LogP contribution is 2.31. The van der Waals surface area contributed by atoms with Gasteiger partial charge in [-0.1, -0.05) is 18.2 Å². The molecule has 3 rings (SSSR count). The lowest BCUT2D eigenvalue weighted by Crippen LogP contribution is -1.94. The van der Waals surface area contributed by atoms with E-state index in [0.717, 1.165) is 15.8 Å². The van der Waals surface area contributed by atoms with E-state index in [1.165, 1.54) is 10.9 Å². The minimum Gasteiger partial charge on any atom is -0.337 e. The minimum absolute atomic E-state index is 0.283. The first-order valence-electron chi connectivity index (χ1n) is 4.59. The highest BCUT2D eigenvalue weighted by Gasteiger charge is 2.25. The van der Waals surface area contributed by atoms with Crippen molar-refractivity contribution in [2.75, 3.05) is 0 Å². The lowest BCUT2D eigenvalue weighted by Gasteiger charge is -1.96. The van der Waals surface area contributed by atoms with Gasteiger partial charge in [-0.2, -0.15) is 0 Å². The number of carbonyl (C=O) groups excluding carboxylic acids is 1. The molecule has 0 saturated carbocycles. The van der Waals surface area contributed by atoms with Crippen LogP contribution in [-0.2, 0) is 6.54 Å². The topological polar surface area (TPSA) is 22.0 Å². The van der Waals surface area contributed by atoms with Crippen LogP contribution >= 0.6 is 22.6 Å². The second-order valence-corrected chi connectivity index (χ2v) is 4.58. The van der Waals surface area contributed by atoms with Gasteiger partial charge in [-0.05, 0) is 28.7 Å². The summed E-state index contributed by atoms with van der Waals surface area (Å²) in [4.78, 5) is 11.6. The van der Waals surface area contributed by atoms with E-state index >= 15 is 0 Å². The predicted octanol–water partition coefficient (Wildman–Crippen LogP) is 2.83. The van der Waals surface area contributed by atoms with Crippen LogP contribution in [0, 0.1) is 3.57 Å². The van der Waals surface area contributed by atoms with E-state index in [4.69, 9.17) is 0 Å². The number of ketones is 1. The fourth-order valence-corrected chi connectivity index (χ4v) is 3.15. The van der Waals surface area contributed by atoms with Gasteiger partial charge in [0, 0.05) is 27.4 Å². The van der Waals surface area contributed by atoms with Crippen LogP contribution in [0.25, 0.3) is 10.9 Å². The van der Waals surface area contributed by atoms with Crippen molar-refractivity contribution in [3.8, 4) is 0 Å². The molecular weight excluding hydrogens is 289 g/mol. The Morgan fingerprint density at radius 3 is 2.93 bits per heavy atom. The number of hydrogen-bond donors (Lipinski definition) is 0. The Kier molecular flexibility index (Phi) is 1.71. The number of carbonyl (C=O) groups is 1. The second kappa shape index (κ2) is 2.82. The molecule has 0 atom stereocenters. The average molecular weight is 297 g/mol. The van der Waals surface area contributed by atoms with Crippen LogP contribution < -0.4 is 0 Å². The van der Waals surface area contributed by atoms with Crippen molar-refractivity contribution in [2.45, 2.75) is 13.0 Å². The Hall–Kier alpha value is -0.840. The number of nitrogens with zero attached hydrogens (tertiary/aromatic N) is 1. The lowest BCUT2D eigenvalue weighted by atomic mass is 10.2.